The van der Waals surface area contributed by atoms with E-state index in [0.29, 0.717) is 18.0 Å². The van der Waals surface area contributed by atoms with Gasteiger partial charge in [-0.1, -0.05) is 17.7 Å². The third-order valence-electron chi connectivity index (χ3n) is 5.03. The summed E-state index contributed by atoms with van der Waals surface area (Å²) in [6, 6.07) is 7.32. The first-order valence-electron chi connectivity index (χ1n) is 9.56. The van der Waals surface area contributed by atoms with Gasteiger partial charge in [0.1, 0.15) is 23.3 Å². The van der Waals surface area contributed by atoms with Crippen LogP contribution in [0.2, 0.25) is 5.02 Å². The third-order valence-corrected chi connectivity index (χ3v) is 5.32. The maximum Gasteiger partial charge on any atom is 0.295 e. The highest BCUT2D eigenvalue weighted by Crippen LogP contribution is 2.42. The Kier molecular flexibility index (Phi) is 6.82. The molecule has 1 saturated heterocycles. The molecule has 1 aromatic heterocycles. The maximum atomic E-state index is 13.0. The molecule has 8 nitrogen and oxygen atoms in total. The number of amides is 1. The number of likely N-dealkylation sites (N-methyl/N-ethyl adjacent to an activating group) is 1. The average molecular weight is 446 g/mol. The number of benzene rings is 1. The average Bonchev–Trinajstić information content (AvgIpc) is 3.02. The number of aromatic nitrogens is 1. The van der Waals surface area contributed by atoms with Gasteiger partial charge in [0, 0.05) is 25.4 Å². The summed E-state index contributed by atoms with van der Waals surface area (Å²) in [4.78, 5) is 33.6. The number of ketones is 1. The van der Waals surface area contributed by atoms with Crippen molar-refractivity contribution in [1.82, 2.24) is 14.8 Å². The molecule has 164 valence electrons. The number of hydrogen-bond acceptors (Lipinski definition) is 7. The molecular weight excluding hydrogens is 422 g/mol. The topological polar surface area (TPSA) is 92.2 Å². The molecule has 1 aliphatic rings. The lowest BCUT2D eigenvalue weighted by Gasteiger charge is -2.26. The number of ether oxygens (including phenoxy) is 2. The fourth-order valence-corrected chi connectivity index (χ4v) is 3.69. The predicted molar refractivity (Wildman–Crippen MR) is 116 cm³/mol. The fraction of sp³-hybridized carbons (Fsp3) is 0.318. The molecule has 1 fully saturated rings. The van der Waals surface area contributed by atoms with Crippen LogP contribution in [0.25, 0.3) is 5.76 Å². The SMILES string of the molecule is COc1cc(OC)c(/C(O)=C2\C(=O)C(=O)N(CCN(C)C)C2c2ccccn2)cc1Cl. The number of hydrogen-bond donors (Lipinski definition) is 1. The molecule has 31 heavy (non-hydrogen) atoms. The highest BCUT2D eigenvalue weighted by atomic mass is 35.5. The molecule has 9 heteroatoms. The lowest BCUT2D eigenvalue weighted by atomic mass is 9.97. The minimum Gasteiger partial charge on any atom is -0.507 e. The van der Waals surface area contributed by atoms with E-state index in [2.05, 4.69) is 4.98 Å². The van der Waals surface area contributed by atoms with E-state index < -0.39 is 17.7 Å². The van der Waals surface area contributed by atoms with E-state index in [1.54, 1.807) is 24.4 Å². The summed E-state index contributed by atoms with van der Waals surface area (Å²) < 4.78 is 10.6. The second-order valence-electron chi connectivity index (χ2n) is 7.24. The molecule has 3 rings (SSSR count). The van der Waals surface area contributed by atoms with Gasteiger partial charge < -0.3 is 24.4 Å². The summed E-state index contributed by atoms with van der Waals surface area (Å²) in [5, 5.41) is 11.4. The molecule has 0 radical (unpaired) electrons. The summed E-state index contributed by atoms with van der Waals surface area (Å²) >= 11 is 6.25. The lowest BCUT2D eigenvalue weighted by Crippen LogP contribution is -2.35. The van der Waals surface area contributed by atoms with Gasteiger partial charge in [0.2, 0.25) is 0 Å². The van der Waals surface area contributed by atoms with Crippen molar-refractivity contribution in [1.29, 1.82) is 0 Å². The van der Waals surface area contributed by atoms with Crippen LogP contribution in [0.15, 0.2) is 42.1 Å². The number of pyridine rings is 1. The fourth-order valence-electron chi connectivity index (χ4n) is 3.45. The number of halogens is 1. The van der Waals surface area contributed by atoms with E-state index in [1.165, 1.54) is 31.3 Å². The van der Waals surface area contributed by atoms with Crippen molar-refractivity contribution in [3.63, 3.8) is 0 Å². The van der Waals surface area contributed by atoms with Crippen LogP contribution < -0.4 is 9.47 Å². The number of nitrogens with zero attached hydrogens (tertiary/aromatic N) is 3. The van der Waals surface area contributed by atoms with Gasteiger partial charge in [-0.2, -0.15) is 0 Å². The molecule has 1 unspecified atom stereocenters. The van der Waals surface area contributed by atoms with Crippen LogP contribution in [0.1, 0.15) is 17.3 Å². The molecule has 0 saturated carbocycles. The van der Waals surface area contributed by atoms with Gasteiger partial charge in [-0.3, -0.25) is 14.6 Å². The molecule has 0 aliphatic carbocycles. The van der Waals surface area contributed by atoms with E-state index in [1.807, 2.05) is 19.0 Å². The van der Waals surface area contributed by atoms with Crippen molar-refractivity contribution in [3.05, 3.63) is 58.4 Å². The minimum absolute atomic E-state index is 0.0676. The first-order chi connectivity index (χ1) is 14.8. The Morgan fingerprint density at radius 1 is 1.19 bits per heavy atom. The largest absolute Gasteiger partial charge is 0.507 e. The van der Waals surface area contributed by atoms with E-state index in [4.69, 9.17) is 21.1 Å². The molecule has 1 N–H and O–H groups in total. The second kappa shape index (κ2) is 9.36. The monoisotopic (exact) mass is 445 g/mol. The van der Waals surface area contributed by atoms with Gasteiger partial charge in [0.15, 0.2) is 0 Å². The number of rotatable bonds is 7. The van der Waals surface area contributed by atoms with Crippen molar-refractivity contribution in [2.75, 3.05) is 41.4 Å². The number of carbonyl (C=O) groups is 2. The van der Waals surface area contributed by atoms with Crippen LogP contribution in [-0.2, 0) is 9.59 Å². The number of likely N-dealkylation sites (tertiary alicyclic amines) is 1. The van der Waals surface area contributed by atoms with Crippen molar-refractivity contribution < 1.29 is 24.2 Å². The van der Waals surface area contributed by atoms with Crippen LogP contribution in [0, 0.1) is 0 Å². The normalized spacial score (nSPS) is 18.0. The Balaban J connectivity index is 2.21. The van der Waals surface area contributed by atoms with Gasteiger partial charge in [0.25, 0.3) is 11.7 Å². The molecular formula is C22H24ClN3O5. The van der Waals surface area contributed by atoms with Gasteiger partial charge in [-0.15, -0.1) is 0 Å². The Morgan fingerprint density at radius 2 is 1.90 bits per heavy atom. The summed E-state index contributed by atoms with van der Waals surface area (Å²) in [7, 11) is 6.62. The summed E-state index contributed by atoms with van der Waals surface area (Å²) in [6.07, 6.45) is 1.58. The maximum absolute atomic E-state index is 13.0. The summed E-state index contributed by atoms with van der Waals surface area (Å²) in [5.41, 5.74) is 0.586. The summed E-state index contributed by atoms with van der Waals surface area (Å²) in [6.45, 7) is 0.824. The predicted octanol–water partition coefficient (Wildman–Crippen LogP) is 2.74. The van der Waals surface area contributed by atoms with Gasteiger partial charge in [-0.25, -0.2) is 0 Å². The number of Topliss-reactive ketones (excluding diaryl/α,β-unsaturated/α-hetero) is 1. The first kappa shape index (κ1) is 22.6. The molecule has 1 atom stereocenters. The zero-order valence-electron chi connectivity index (χ0n) is 17.8. The standard InChI is InChI=1S/C22H24ClN3O5/c1-25(2)9-10-26-19(15-7-5-6-8-24-15)18(21(28)22(26)29)20(27)13-11-14(23)17(31-4)12-16(13)30-3/h5-8,11-12,19,27H,9-10H2,1-4H3/b20-18+. The van der Waals surface area contributed by atoms with E-state index in [-0.39, 0.29) is 34.2 Å². The van der Waals surface area contributed by atoms with Crippen LogP contribution in [-0.4, -0.2) is 73.0 Å². The smallest absolute Gasteiger partial charge is 0.295 e. The Morgan fingerprint density at radius 3 is 2.48 bits per heavy atom. The Hall–Kier alpha value is -3.10. The number of aliphatic hydroxyl groups is 1. The first-order valence-corrected chi connectivity index (χ1v) is 9.93. The molecule has 1 amide bonds. The lowest BCUT2D eigenvalue weighted by molar-refractivity contribution is -0.140. The number of aliphatic hydroxyl groups excluding tert-OH is 1. The Bertz CT molecular complexity index is 1020. The van der Waals surface area contributed by atoms with Crippen molar-refractivity contribution in [3.8, 4) is 11.5 Å². The van der Waals surface area contributed by atoms with Crippen LogP contribution in [0.5, 0.6) is 11.5 Å². The van der Waals surface area contributed by atoms with Crippen molar-refractivity contribution in [2.24, 2.45) is 0 Å². The zero-order chi connectivity index (χ0) is 22.7. The van der Waals surface area contributed by atoms with Crippen molar-refractivity contribution in [2.45, 2.75) is 6.04 Å². The zero-order valence-corrected chi connectivity index (χ0v) is 18.5. The van der Waals surface area contributed by atoms with Crippen LogP contribution in [0.4, 0.5) is 0 Å². The highest BCUT2D eigenvalue weighted by molar-refractivity contribution is 6.46. The van der Waals surface area contributed by atoms with Gasteiger partial charge in [-0.05, 0) is 32.3 Å². The van der Waals surface area contributed by atoms with E-state index in [9.17, 15) is 14.7 Å². The molecule has 2 heterocycles. The van der Waals surface area contributed by atoms with Gasteiger partial charge in [0.05, 0.1) is 36.1 Å². The highest BCUT2D eigenvalue weighted by Gasteiger charge is 2.46. The Labute approximate surface area is 185 Å². The van der Waals surface area contributed by atoms with Crippen molar-refractivity contribution >= 4 is 29.1 Å². The quantitative estimate of drug-likeness (QED) is 0.398. The number of carbonyl (C=O) groups excluding carboxylic acids is 2. The van der Waals surface area contributed by atoms with Gasteiger partial charge >= 0.3 is 0 Å². The third kappa shape index (κ3) is 4.35. The second-order valence-corrected chi connectivity index (χ2v) is 7.64. The molecule has 2 aromatic rings. The molecule has 0 spiro atoms. The van der Waals surface area contributed by atoms with Crippen LogP contribution >= 0.6 is 11.6 Å². The molecule has 0 bridgehead atoms. The molecule has 1 aromatic carbocycles. The summed E-state index contributed by atoms with van der Waals surface area (Å²) in [5.74, 6) is -1.28. The van der Waals surface area contributed by atoms with Crippen LogP contribution in [0.3, 0.4) is 0 Å². The van der Waals surface area contributed by atoms with E-state index >= 15 is 0 Å². The number of methoxy groups -OCH3 is 2. The molecule has 1 aliphatic heterocycles. The minimum atomic E-state index is -0.841. The van der Waals surface area contributed by atoms with E-state index in [0.717, 1.165) is 0 Å².